The highest BCUT2D eigenvalue weighted by Gasteiger charge is 2.52. The quantitative estimate of drug-likeness (QED) is 0.103. The van der Waals surface area contributed by atoms with Crippen LogP contribution in [0.5, 0.6) is 0 Å². The zero-order chi connectivity index (χ0) is 33.3. The van der Waals surface area contributed by atoms with Crippen molar-refractivity contribution in [2.24, 2.45) is 0 Å². The molecule has 21 nitrogen and oxygen atoms in total. The Bertz CT molecular complexity index is 914. The molecule has 264 valence electrons. The highest BCUT2D eigenvalue weighted by atomic mass is 16.8. The summed E-state index contributed by atoms with van der Waals surface area (Å²) in [6, 6.07) is 0. The van der Waals surface area contributed by atoms with Crippen LogP contribution in [0.3, 0.4) is 0 Å². The summed E-state index contributed by atoms with van der Waals surface area (Å²) >= 11 is 0. The summed E-state index contributed by atoms with van der Waals surface area (Å²) in [4.78, 5) is 0. The molecule has 45 heavy (non-hydrogen) atoms. The van der Waals surface area contributed by atoms with Crippen LogP contribution in [-0.4, -0.2) is 221 Å². The zero-order valence-corrected chi connectivity index (χ0v) is 23.5. The molecule has 20 atom stereocenters. The average molecular weight is 667 g/mol. The molecular weight excluding hydrogens is 624 g/mol. The lowest BCUT2D eigenvalue weighted by Crippen LogP contribution is -2.65. The van der Waals surface area contributed by atoms with Crippen molar-refractivity contribution in [3.8, 4) is 0 Å². The second kappa shape index (κ2) is 15.6. The number of hydrogen-bond donors (Lipinski definition) is 14. The summed E-state index contributed by atoms with van der Waals surface area (Å²) in [6.07, 6.45) is -34.9. The Morgan fingerprint density at radius 3 is 1.24 bits per heavy atom. The van der Waals surface area contributed by atoms with Crippen LogP contribution in [-0.2, 0) is 33.2 Å². The van der Waals surface area contributed by atoms with Crippen LogP contribution in [0.4, 0.5) is 0 Å². The second-order valence-electron chi connectivity index (χ2n) is 11.2. The molecule has 4 saturated heterocycles. The van der Waals surface area contributed by atoms with Gasteiger partial charge in [-0.2, -0.15) is 0 Å². The highest BCUT2D eigenvalue weighted by molar-refractivity contribution is 4.95. The summed E-state index contributed by atoms with van der Waals surface area (Å²) in [5, 5.41) is 141. The smallest absolute Gasteiger partial charge is 0.187 e. The maximum Gasteiger partial charge on any atom is 0.187 e. The van der Waals surface area contributed by atoms with E-state index >= 15 is 0 Å². The van der Waals surface area contributed by atoms with Gasteiger partial charge in [-0.1, -0.05) is 0 Å². The van der Waals surface area contributed by atoms with Crippen LogP contribution < -0.4 is 0 Å². The molecule has 0 unspecified atom stereocenters. The lowest BCUT2D eigenvalue weighted by molar-refractivity contribution is -0.368. The third-order valence-corrected chi connectivity index (χ3v) is 8.17. The topological polar surface area (TPSA) is 348 Å². The summed E-state index contributed by atoms with van der Waals surface area (Å²) in [7, 11) is 0. The predicted molar refractivity (Wildman–Crippen MR) is 134 cm³/mol. The molecule has 0 spiro atoms. The minimum atomic E-state index is -1.99. The molecule has 0 amide bonds. The lowest BCUT2D eigenvalue weighted by Gasteiger charge is -2.46. The van der Waals surface area contributed by atoms with Gasteiger partial charge in [-0.15, -0.1) is 0 Å². The van der Waals surface area contributed by atoms with E-state index in [1.807, 2.05) is 0 Å². The first-order valence-electron chi connectivity index (χ1n) is 14.1. The lowest BCUT2D eigenvalue weighted by atomic mass is 9.96. The van der Waals surface area contributed by atoms with E-state index in [-0.39, 0.29) is 0 Å². The fourth-order valence-corrected chi connectivity index (χ4v) is 5.33. The monoisotopic (exact) mass is 666 g/mol. The maximum absolute atomic E-state index is 10.7. The Labute approximate surface area is 254 Å². The number of aliphatic hydroxyl groups is 14. The first kappa shape index (κ1) is 37.0. The van der Waals surface area contributed by atoms with Crippen LogP contribution in [0.2, 0.25) is 0 Å². The van der Waals surface area contributed by atoms with Gasteiger partial charge < -0.3 is 105 Å². The molecule has 4 fully saturated rings. The van der Waals surface area contributed by atoms with Crippen LogP contribution in [0.1, 0.15) is 0 Å². The van der Waals surface area contributed by atoms with Crippen LogP contribution >= 0.6 is 0 Å². The Morgan fingerprint density at radius 2 is 0.778 bits per heavy atom. The number of ether oxygens (including phenoxy) is 7. The van der Waals surface area contributed by atoms with Crippen molar-refractivity contribution in [3.63, 3.8) is 0 Å². The number of rotatable bonds is 10. The van der Waals surface area contributed by atoms with E-state index in [9.17, 15) is 71.5 Å². The van der Waals surface area contributed by atoms with Crippen molar-refractivity contribution in [1.82, 2.24) is 0 Å². The van der Waals surface area contributed by atoms with Crippen molar-refractivity contribution in [1.29, 1.82) is 0 Å². The van der Waals surface area contributed by atoms with E-state index in [0.29, 0.717) is 0 Å². The van der Waals surface area contributed by atoms with E-state index in [2.05, 4.69) is 0 Å². The Hall–Kier alpha value is -0.840. The van der Waals surface area contributed by atoms with Gasteiger partial charge in [-0.25, -0.2) is 0 Å². The maximum atomic E-state index is 10.7. The van der Waals surface area contributed by atoms with Crippen molar-refractivity contribution in [3.05, 3.63) is 0 Å². The number of hydrogen-bond acceptors (Lipinski definition) is 21. The van der Waals surface area contributed by atoms with Crippen molar-refractivity contribution in [2.75, 3.05) is 26.4 Å². The fourth-order valence-electron chi connectivity index (χ4n) is 5.33. The summed E-state index contributed by atoms with van der Waals surface area (Å²) in [5.41, 5.74) is 0. The van der Waals surface area contributed by atoms with Crippen molar-refractivity contribution < 1.29 is 105 Å². The normalized spacial score (nSPS) is 52.9. The molecule has 21 heteroatoms. The molecule has 4 rings (SSSR count). The van der Waals surface area contributed by atoms with Gasteiger partial charge in [0.25, 0.3) is 0 Å². The molecule has 0 saturated carbocycles. The standard InChI is InChI=1S/C24H42O21/c25-1-5-9(27)12(30)17(35)22(42-5)39-3-7-11(29)14(32)19(37)24(44-7)45-20-8(41-21(38)16(34)15(20)33)4-40-23-18(36)13(31)10(28)6(2-26)43-23/h5-38H,1-4H2/t5-,6-,7-,8-,9-,10-,11-,12+,13+,14+,15-,16-,17-,18-,19-,20-,21-,22-,23-,24-/m1/s1. The van der Waals surface area contributed by atoms with E-state index in [1.54, 1.807) is 0 Å². The van der Waals surface area contributed by atoms with E-state index in [4.69, 9.17) is 33.2 Å². The fraction of sp³-hybridized carbons (Fsp3) is 1.00. The first-order chi connectivity index (χ1) is 21.2. The first-order valence-corrected chi connectivity index (χ1v) is 14.1. The van der Waals surface area contributed by atoms with Gasteiger partial charge in [0.2, 0.25) is 0 Å². The van der Waals surface area contributed by atoms with Crippen molar-refractivity contribution in [2.45, 2.75) is 123 Å². The molecule has 14 N–H and O–H groups in total. The van der Waals surface area contributed by atoms with Crippen LogP contribution in [0, 0.1) is 0 Å². The predicted octanol–water partition coefficient (Wildman–Crippen LogP) is -9.75. The second-order valence-corrected chi connectivity index (χ2v) is 11.2. The Morgan fingerprint density at radius 1 is 0.378 bits per heavy atom. The molecule has 0 aliphatic carbocycles. The molecular formula is C24H42O21. The molecule has 0 radical (unpaired) electrons. The molecule has 4 aliphatic rings. The van der Waals surface area contributed by atoms with E-state index < -0.39 is 149 Å². The molecule has 0 aromatic heterocycles. The molecule has 4 heterocycles. The third kappa shape index (κ3) is 7.75. The van der Waals surface area contributed by atoms with Gasteiger partial charge >= 0.3 is 0 Å². The molecule has 0 aromatic carbocycles. The van der Waals surface area contributed by atoms with Crippen LogP contribution in [0.25, 0.3) is 0 Å². The molecule has 0 bridgehead atoms. The van der Waals surface area contributed by atoms with Gasteiger partial charge in [-0.3, -0.25) is 0 Å². The largest absolute Gasteiger partial charge is 0.394 e. The minimum Gasteiger partial charge on any atom is -0.394 e. The van der Waals surface area contributed by atoms with E-state index in [0.717, 1.165) is 0 Å². The Balaban J connectivity index is 1.43. The van der Waals surface area contributed by atoms with Gasteiger partial charge in [0.15, 0.2) is 25.2 Å². The summed E-state index contributed by atoms with van der Waals surface area (Å²) in [6.45, 7) is -2.90. The Kier molecular flexibility index (Phi) is 12.8. The number of aliphatic hydroxyl groups excluding tert-OH is 14. The van der Waals surface area contributed by atoms with Gasteiger partial charge in [0.05, 0.1) is 26.4 Å². The highest BCUT2D eigenvalue weighted by Crippen LogP contribution is 2.31. The summed E-state index contributed by atoms with van der Waals surface area (Å²) in [5.74, 6) is 0. The van der Waals surface area contributed by atoms with E-state index in [1.165, 1.54) is 0 Å². The van der Waals surface area contributed by atoms with Gasteiger partial charge in [0, 0.05) is 0 Å². The SMILES string of the molecule is OC[C@H]1O[C@@H](OC[C@H]2O[C@H](O[C@H]3[C@H](O)[C@@H](O)[C@H](O)O[C@@H]3CO[C@@H]3O[C@H](CO)[C@@H](O)[C@H](O)[C@H]3O)[C@H](O)[C@@H](O)[C@@H]2O)[C@H](O)[C@@H](O)[C@@H]1O. The van der Waals surface area contributed by atoms with Crippen molar-refractivity contribution >= 4 is 0 Å². The molecule has 4 aliphatic heterocycles. The average Bonchev–Trinajstić information content (AvgIpc) is 3.02. The van der Waals surface area contributed by atoms with Gasteiger partial charge in [0.1, 0.15) is 97.7 Å². The molecule has 0 aromatic rings. The summed E-state index contributed by atoms with van der Waals surface area (Å²) < 4.78 is 37.6. The third-order valence-electron chi connectivity index (χ3n) is 8.17. The minimum absolute atomic E-state index is 0.692. The van der Waals surface area contributed by atoms with Gasteiger partial charge in [-0.05, 0) is 0 Å². The zero-order valence-electron chi connectivity index (χ0n) is 23.5. The van der Waals surface area contributed by atoms with Crippen LogP contribution in [0.15, 0.2) is 0 Å².